The van der Waals surface area contributed by atoms with Crippen LogP contribution in [-0.2, 0) is 0 Å². The topological polar surface area (TPSA) is 24.5 Å². The van der Waals surface area contributed by atoms with Crippen LogP contribution in [-0.4, -0.2) is 51.0 Å². The second-order valence-corrected chi connectivity index (χ2v) is 6.58. The highest BCUT2D eigenvalue weighted by atomic mass is 35.5. The maximum absolute atomic E-state index is 5.84. The van der Waals surface area contributed by atoms with E-state index >= 15 is 0 Å². The molecule has 0 saturated carbocycles. The second kappa shape index (κ2) is 11.2. The van der Waals surface area contributed by atoms with Gasteiger partial charge in [-0.05, 0) is 82.4 Å². The van der Waals surface area contributed by atoms with Gasteiger partial charge in [0.05, 0.1) is 0 Å². The summed E-state index contributed by atoms with van der Waals surface area (Å²) in [7, 11) is 2.04. The highest BCUT2D eigenvalue weighted by Gasteiger charge is 2.18. The fourth-order valence-corrected chi connectivity index (χ4v) is 3.22. The van der Waals surface area contributed by atoms with Crippen LogP contribution in [0.1, 0.15) is 19.3 Å². The van der Waals surface area contributed by atoms with Crippen molar-refractivity contribution in [2.24, 2.45) is 5.92 Å². The van der Waals surface area contributed by atoms with Gasteiger partial charge in [-0.15, -0.1) is 24.2 Å². The van der Waals surface area contributed by atoms with Crippen molar-refractivity contribution in [1.82, 2.24) is 10.2 Å². The van der Waals surface area contributed by atoms with Crippen LogP contribution in [0.2, 0.25) is 0 Å². The van der Waals surface area contributed by atoms with Crippen molar-refractivity contribution in [3.05, 3.63) is 24.3 Å². The molecule has 0 bridgehead atoms. The highest BCUT2D eigenvalue weighted by Crippen LogP contribution is 2.21. The standard InChI is InChI=1S/C17H28N2OS.ClH/c1-18-10-7-15-8-11-19(12-9-15)13-14-20-16-3-5-17(21-2)6-4-16;/h3-6,15,18H,7-14H2,1-2H3;1H. The molecule has 1 saturated heterocycles. The van der Waals surface area contributed by atoms with Crippen molar-refractivity contribution in [1.29, 1.82) is 0 Å². The van der Waals surface area contributed by atoms with E-state index in [2.05, 4.69) is 40.7 Å². The molecule has 1 fully saturated rings. The van der Waals surface area contributed by atoms with E-state index in [1.54, 1.807) is 11.8 Å². The summed E-state index contributed by atoms with van der Waals surface area (Å²) in [5.41, 5.74) is 0. The first-order chi connectivity index (χ1) is 10.3. The molecule has 3 nitrogen and oxygen atoms in total. The third kappa shape index (κ3) is 6.78. The summed E-state index contributed by atoms with van der Waals surface area (Å²) in [4.78, 5) is 3.82. The number of thioether (sulfide) groups is 1. The maximum atomic E-state index is 5.84. The molecule has 0 aromatic heterocycles. The Morgan fingerprint density at radius 1 is 1.23 bits per heavy atom. The van der Waals surface area contributed by atoms with Crippen molar-refractivity contribution in [2.45, 2.75) is 24.2 Å². The van der Waals surface area contributed by atoms with Crippen LogP contribution in [0.15, 0.2) is 29.2 Å². The van der Waals surface area contributed by atoms with Crippen LogP contribution in [0.25, 0.3) is 0 Å². The van der Waals surface area contributed by atoms with Crippen LogP contribution in [0.3, 0.4) is 0 Å². The smallest absolute Gasteiger partial charge is 0.119 e. The van der Waals surface area contributed by atoms with Crippen molar-refractivity contribution >= 4 is 24.2 Å². The SMILES string of the molecule is CNCCC1CCN(CCOc2ccc(SC)cc2)CC1.Cl. The Labute approximate surface area is 145 Å². The minimum atomic E-state index is 0. The Morgan fingerprint density at radius 2 is 1.91 bits per heavy atom. The molecule has 1 aliphatic heterocycles. The summed E-state index contributed by atoms with van der Waals surface area (Å²) < 4.78 is 5.84. The first kappa shape index (κ1) is 19.6. The summed E-state index contributed by atoms with van der Waals surface area (Å²) in [6, 6.07) is 8.37. The van der Waals surface area contributed by atoms with Gasteiger partial charge in [-0.3, -0.25) is 4.90 Å². The van der Waals surface area contributed by atoms with E-state index in [0.717, 1.165) is 31.4 Å². The van der Waals surface area contributed by atoms with Gasteiger partial charge < -0.3 is 10.1 Å². The summed E-state index contributed by atoms with van der Waals surface area (Å²) >= 11 is 1.76. The lowest BCUT2D eigenvalue weighted by Crippen LogP contribution is -2.37. The fourth-order valence-electron chi connectivity index (χ4n) is 2.81. The number of hydrogen-bond donors (Lipinski definition) is 1. The lowest BCUT2D eigenvalue weighted by atomic mass is 9.93. The van der Waals surface area contributed by atoms with Gasteiger partial charge in [0.25, 0.3) is 0 Å². The number of ether oxygens (including phenoxy) is 1. The van der Waals surface area contributed by atoms with E-state index in [1.807, 2.05) is 7.05 Å². The van der Waals surface area contributed by atoms with Crippen LogP contribution in [0.5, 0.6) is 5.75 Å². The lowest BCUT2D eigenvalue weighted by Gasteiger charge is -2.31. The Balaban J connectivity index is 0.00000242. The van der Waals surface area contributed by atoms with E-state index in [-0.39, 0.29) is 12.4 Å². The predicted molar refractivity (Wildman–Crippen MR) is 98.7 cm³/mol. The molecule has 0 atom stereocenters. The number of nitrogens with zero attached hydrogens (tertiary/aromatic N) is 1. The second-order valence-electron chi connectivity index (χ2n) is 5.70. The number of halogens is 1. The molecular formula is C17H29ClN2OS. The molecule has 0 amide bonds. The minimum Gasteiger partial charge on any atom is -0.492 e. The highest BCUT2D eigenvalue weighted by molar-refractivity contribution is 7.98. The van der Waals surface area contributed by atoms with E-state index in [9.17, 15) is 0 Å². The van der Waals surface area contributed by atoms with E-state index < -0.39 is 0 Å². The number of rotatable bonds is 8. The molecule has 0 aliphatic carbocycles. The Morgan fingerprint density at radius 3 is 2.50 bits per heavy atom. The molecule has 0 unspecified atom stereocenters. The summed E-state index contributed by atoms with van der Waals surface area (Å²) in [6.45, 7) is 5.44. The number of hydrogen-bond acceptors (Lipinski definition) is 4. The number of piperidine rings is 1. The third-order valence-corrected chi connectivity index (χ3v) is 4.99. The molecule has 1 aromatic rings. The molecule has 126 valence electrons. The van der Waals surface area contributed by atoms with E-state index in [1.165, 1.54) is 37.2 Å². The van der Waals surface area contributed by atoms with E-state index in [4.69, 9.17) is 4.74 Å². The quantitative estimate of drug-likeness (QED) is 0.729. The van der Waals surface area contributed by atoms with Crippen molar-refractivity contribution in [2.75, 3.05) is 46.1 Å². The van der Waals surface area contributed by atoms with Gasteiger partial charge in [-0.2, -0.15) is 0 Å². The van der Waals surface area contributed by atoms with Crippen LogP contribution >= 0.6 is 24.2 Å². The van der Waals surface area contributed by atoms with Gasteiger partial charge in [0, 0.05) is 11.4 Å². The number of nitrogens with one attached hydrogen (secondary N) is 1. The minimum absolute atomic E-state index is 0. The maximum Gasteiger partial charge on any atom is 0.119 e. The van der Waals surface area contributed by atoms with Gasteiger partial charge in [0.1, 0.15) is 12.4 Å². The van der Waals surface area contributed by atoms with Crippen LogP contribution in [0, 0.1) is 5.92 Å². The van der Waals surface area contributed by atoms with Crippen LogP contribution in [0.4, 0.5) is 0 Å². The Kier molecular flexibility index (Phi) is 9.96. The summed E-state index contributed by atoms with van der Waals surface area (Å²) in [5.74, 6) is 1.89. The number of likely N-dealkylation sites (tertiary alicyclic amines) is 1. The van der Waals surface area contributed by atoms with Gasteiger partial charge in [0.15, 0.2) is 0 Å². The zero-order valence-corrected chi connectivity index (χ0v) is 15.3. The largest absolute Gasteiger partial charge is 0.492 e. The van der Waals surface area contributed by atoms with Gasteiger partial charge >= 0.3 is 0 Å². The molecule has 1 N–H and O–H groups in total. The van der Waals surface area contributed by atoms with Gasteiger partial charge in [-0.1, -0.05) is 0 Å². The van der Waals surface area contributed by atoms with Crippen molar-refractivity contribution in [3.63, 3.8) is 0 Å². The Bertz CT molecular complexity index is 394. The first-order valence-corrected chi connectivity index (χ1v) is 9.18. The van der Waals surface area contributed by atoms with Gasteiger partial charge in [0.2, 0.25) is 0 Å². The molecule has 5 heteroatoms. The monoisotopic (exact) mass is 344 g/mol. The molecule has 1 heterocycles. The molecule has 0 radical (unpaired) electrons. The zero-order valence-electron chi connectivity index (χ0n) is 13.7. The van der Waals surface area contributed by atoms with Crippen molar-refractivity contribution < 1.29 is 4.74 Å². The zero-order chi connectivity index (χ0) is 14.9. The Hall–Kier alpha value is -0.420. The van der Waals surface area contributed by atoms with Crippen molar-refractivity contribution in [3.8, 4) is 5.75 Å². The lowest BCUT2D eigenvalue weighted by molar-refractivity contribution is 0.151. The predicted octanol–water partition coefficient (Wildman–Crippen LogP) is 3.53. The molecule has 0 spiro atoms. The summed E-state index contributed by atoms with van der Waals surface area (Å²) in [5, 5.41) is 3.25. The molecule has 1 aliphatic rings. The normalized spacial score (nSPS) is 16.3. The number of benzene rings is 1. The average Bonchev–Trinajstić information content (AvgIpc) is 2.55. The molecular weight excluding hydrogens is 316 g/mol. The molecule has 22 heavy (non-hydrogen) atoms. The van der Waals surface area contributed by atoms with Gasteiger partial charge in [-0.25, -0.2) is 0 Å². The molecule has 2 rings (SSSR count). The first-order valence-electron chi connectivity index (χ1n) is 7.95. The molecule has 1 aromatic carbocycles. The fraction of sp³-hybridized carbons (Fsp3) is 0.647. The average molecular weight is 345 g/mol. The van der Waals surface area contributed by atoms with E-state index in [0.29, 0.717) is 0 Å². The third-order valence-electron chi connectivity index (χ3n) is 4.25. The van der Waals surface area contributed by atoms with Crippen LogP contribution < -0.4 is 10.1 Å². The summed E-state index contributed by atoms with van der Waals surface area (Å²) in [6.07, 6.45) is 6.09.